The van der Waals surface area contributed by atoms with Gasteiger partial charge in [-0.15, -0.1) is 0 Å². The fraction of sp³-hybridized carbons (Fsp3) is 0.538. The van der Waals surface area contributed by atoms with Crippen LogP contribution in [-0.2, 0) is 0 Å². The van der Waals surface area contributed by atoms with Crippen molar-refractivity contribution in [3.63, 3.8) is 0 Å². The van der Waals surface area contributed by atoms with Gasteiger partial charge < -0.3 is 10.5 Å². The minimum absolute atomic E-state index is 0.0207. The molecule has 0 aliphatic heterocycles. The molecule has 0 spiro atoms. The van der Waals surface area contributed by atoms with Crippen LogP contribution in [0, 0.1) is 16.0 Å². The zero-order valence-electron chi connectivity index (χ0n) is 13.2. The molecule has 1 atom stereocenters. The number of amides is 1. The van der Waals surface area contributed by atoms with Gasteiger partial charge in [-0.2, -0.15) is 5.10 Å². The zero-order chi connectivity index (χ0) is 17.4. The van der Waals surface area contributed by atoms with Crippen LogP contribution in [0.5, 0.6) is 0 Å². The first-order valence-electron chi connectivity index (χ1n) is 7.09. The molecule has 0 fully saturated rings. The number of carbonyl (C=O) groups excluding carboxylic acids is 1. The maximum atomic E-state index is 11.7. The van der Waals surface area contributed by atoms with Crippen molar-refractivity contribution in [1.82, 2.24) is 20.5 Å². The number of hydrogen-bond acceptors (Lipinski definition) is 7. The number of carbonyl (C=O) groups is 1. The van der Waals surface area contributed by atoms with Crippen LogP contribution in [0.4, 0.5) is 0 Å². The number of hydrogen-bond donors (Lipinski definition) is 3. The van der Waals surface area contributed by atoms with E-state index in [9.17, 15) is 14.9 Å². The molecular formula is C13H20N6O4. The Bertz CT molecular complexity index is 594. The lowest BCUT2D eigenvalue weighted by Crippen LogP contribution is -2.32. The first-order chi connectivity index (χ1) is 10.9. The molecule has 1 amide bonds. The predicted octanol–water partition coefficient (Wildman–Crippen LogP) is 1.00. The van der Waals surface area contributed by atoms with Gasteiger partial charge in [0.2, 0.25) is 11.9 Å². The molecule has 1 rings (SSSR count). The number of H-pyrrole nitrogens is 1. The highest BCUT2D eigenvalue weighted by atomic mass is 16.6. The van der Waals surface area contributed by atoms with Gasteiger partial charge in [-0.1, -0.05) is 25.9 Å². The van der Waals surface area contributed by atoms with E-state index in [1.807, 2.05) is 0 Å². The van der Waals surface area contributed by atoms with Crippen molar-refractivity contribution >= 4 is 11.6 Å². The molecule has 0 saturated carbocycles. The monoisotopic (exact) mass is 324 g/mol. The van der Waals surface area contributed by atoms with Gasteiger partial charge in [0, 0.05) is 16.4 Å². The Balaban J connectivity index is 2.83. The number of nitro groups is 1. The van der Waals surface area contributed by atoms with Crippen LogP contribution in [0.2, 0.25) is 0 Å². The number of nitrogens with one attached hydrogen (secondary N) is 2. The molecule has 0 radical (unpaired) electrons. The van der Waals surface area contributed by atoms with E-state index in [0.717, 1.165) is 0 Å². The Labute approximate surface area is 132 Å². The van der Waals surface area contributed by atoms with E-state index in [-0.39, 0.29) is 28.9 Å². The third-order valence-electron chi connectivity index (χ3n) is 3.19. The maximum absolute atomic E-state index is 11.7. The molecule has 0 bridgehead atoms. The predicted molar refractivity (Wildman–Crippen MR) is 81.9 cm³/mol. The van der Waals surface area contributed by atoms with E-state index in [1.165, 1.54) is 12.4 Å². The fourth-order valence-corrected chi connectivity index (χ4v) is 2.10. The Hall–Kier alpha value is -2.78. The van der Waals surface area contributed by atoms with Crippen molar-refractivity contribution in [3.8, 4) is 0 Å². The maximum Gasteiger partial charge on any atom is 0.288 e. The molecule has 126 valence electrons. The van der Waals surface area contributed by atoms with Crippen LogP contribution in [0.1, 0.15) is 37.8 Å². The van der Waals surface area contributed by atoms with E-state index in [4.69, 9.17) is 5.21 Å². The molecule has 0 aliphatic carbocycles. The Morgan fingerprint density at radius 2 is 2.30 bits per heavy atom. The molecule has 10 heteroatoms. The summed E-state index contributed by atoms with van der Waals surface area (Å²) in [4.78, 5) is 26.3. The van der Waals surface area contributed by atoms with Crippen molar-refractivity contribution < 1.29 is 14.9 Å². The van der Waals surface area contributed by atoms with E-state index in [0.29, 0.717) is 12.0 Å². The van der Waals surface area contributed by atoms with Crippen molar-refractivity contribution in [2.45, 2.75) is 33.2 Å². The third kappa shape index (κ3) is 5.16. The number of nitrogens with zero attached hydrogens (tertiary/aromatic N) is 4. The molecule has 1 aromatic rings. The van der Waals surface area contributed by atoms with E-state index >= 15 is 0 Å². The summed E-state index contributed by atoms with van der Waals surface area (Å²) in [5.41, 5.74) is 0.633. The second kappa shape index (κ2) is 8.61. The number of rotatable bonds is 8. The van der Waals surface area contributed by atoms with Crippen LogP contribution >= 0.6 is 0 Å². The fourth-order valence-electron chi connectivity index (χ4n) is 2.10. The average Bonchev–Trinajstić information content (AvgIpc) is 3.03. The summed E-state index contributed by atoms with van der Waals surface area (Å²) in [6.07, 6.45) is 3.06. The summed E-state index contributed by atoms with van der Waals surface area (Å²) < 4.78 is 0. The van der Waals surface area contributed by atoms with Crippen LogP contribution in [0.3, 0.4) is 0 Å². The van der Waals surface area contributed by atoms with Gasteiger partial charge in [-0.3, -0.25) is 20.0 Å². The standard InChI is InChI=1S/C13H20N6O4/c1-4-9(11(8(2)3)19(22)23)5-10(18-21)6-14-13(20)12-15-7-16-17-12/h5,7-8,11,21H,4,6H2,1-3H3,(H,14,20)(H,15,16,17). The van der Waals surface area contributed by atoms with Gasteiger partial charge in [0.25, 0.3) is 5.91 Å². The Morgan fingerprint density at radius 3 is 2.74 bits per heavy atom. The van der Waals surface area contributed by atoms with Crippen molar-refractivity contribution in [2.75, 3.05) is 6.54 Å². The summed E-state index contributed by atoms with van der Waals surface area (Å²) in [5, 5.41) is 31.8. The highest BCUT2D eigenvalue weighted by molar-refractivity contribution is 6.00. The average molecular weight is 324 g/mol. The van der Waals surface area contributed by atoms with Crippen molar-refractivity contribution in [3.05, 3.63) is 33.9 Å². The van der Waals surface area contributed by atoms with Gasteiger partial charge in [0.1, 0.15) is 6.33 Å². The smallest absolute Gasteiger partial charge is 0.288 e. The molecule has 1 aromatic heterocycles. The van der Waals surface area contributed by atoms with E-state index in [1.54, 1.807) is 20.8 Å². The molecule has 0 saturated heterocycles. The zero-order valence-corrected chi connectivity index (χ0v) is 13.2. The first-order valence-corrected chi connectivity index (χ1v) is 7.09. The van der Waals surface area contributed by atoms with Gasteiger partial charge in [0.15, 0.2) is 0 Å². The SMILES string of the molecule is CCC(=CC(CNC(=O)c1ncn[nH]1)=NO)C(C(C)C)[N+](=O)[O-]. The van der Waals surface area contributed by atoms with E-state index < -0.39 is 11.9 Å². The number of aromatic amines is 1. The van der Waals surface area contributed by atoms with Crippen molar-refractivity contribution in [1.29, 1.82) is 0 Å². The van der Waals surface area contributed by atoms with Crippen LogP contribution in [0.25, 0.3) is 0 Å². The molecule has 23 heavy (non-hydrogen) atoms. The molecule has 3 N–H and O–H groups in total. The minimum atomic E-state index is -0.873. The molecule has 10 nitrogen and oxygen atoms in total. The normalized spacial score (nSPS) is 13.9. The summed E-state index contributed by atoms with van der Waals surface area (Å²) in [5.74, 6) is -0.711. The van der Waals surface area contributed by atoms with Gasteiger partial charge in [-0.25, -0.2) is 4.98 Å². The van der Waals surface area contributed by atoms with Gasteiger partial charge in [-0.05, 0) is 12.5 Å². The highest BCUT2D eigenvalue weighted by Crippen LogP contribution is 2.18. The lowest BCUT2D eigenvalue weighted by Gasteiger charge is -2.15. The minimum Gasteiger partial charge on any atom is -0.411 e. The van der Waals surface area contributed by atoms with Crippen molar-refractivity contribution in [2.24, 2.45) is 11.1 Å². The van der Waals surface area contributed by atoms with Gasteiger partial charge >= 0.3 is 0 Å². The summed E-state index contributed by atoms with van der Waals surface area (Å²) in [6, 6.07) is -0.873. The number of aromatic nitrogens is 3. The molecule has 0 aliphatic rings. The molecule has 1 unspecified atom stereocenters. The van der Waals surface area contributed by atoms with Crippen LogP contribution < -0.4 is 5.32 Å². The highest BCUT2D eigenvalue weighted by Gasteiger charge is 2.28. The lowest BCUT2D eigenvalue weighted by molar-refractivity contribution is -0.520. The topological polar surface area (TPSA) is 146 Å². The van der Waals surface area contributed by atoms with E-state index in [2.05, 4.69) is 25.7 Å². The summed E-state index contributed by atoms with van der Waals surface area (Å²) in [7, 11) is 0. The van der Waals surface area contributed by atoms with Crippen LogP contribution in [-0.4, -0.2) is 49.5 Å². The Morgan fingerprint density at radius 1 is 1.61 bits per heavy atom. The van der Waals surface area contributed by atoms with Gasteiger partial charge in [0.05, 0.1) is 12.3 Å². The molecular weight excluding hydrogens is 304 g/mol. The summed E-state index contributed by atoms with van der Waals surface area (Å²) in [6.45, 7) is 5.19. The third-order valence-corrected chi connectivity index (χ3v) is 3.19. The lowest BCUT2D eigenvalue weighted by atomic mass is 9.93. The molecule has 1 heterocycles. The Kier molecular flexibility index (Phi) is 6.84. The first kappa shape index (κ1) is 18.3. The summed E-state index contributed by atoms with van der Waals surface area (Å²) >= 11 is 0. The van der Waals surface area contributed by atoms with Crippen LogP contribution in [0.15, 0.2) is 23.1 Å². The second-order valence-electron chi connectivity index (χ2n) is 5.16. The number of oxime groups is 1. The quantitative estimate of drug-likeness (QED) is 0.281. The molecule has 0 aromatic carbocycles. The largest absolute Gasteiger partial charge is 0.411 e. The second-order valence-corrected chi connectivity index (χ2v) is 5.16.